The molecule has 2 N–H and O–H groups in total. The second-order valence-corrected chi connectivity index (χ2v) is 8.39. The zero-order valence-electron chi connectivity index (χ0n) is 19.9. The Kier molecular flexibility index (Phi) is 7.89. The minimum atomic E-state index is -0.506. The van der Waals surface area contributed by atoms with Crippen LogP contribution >= 0.6 is 0 Å². The van der Waals surface area contributed by atoms with E-state index in [4.69, 9.17) is 4.74 Å². The number of carbonyl (C=O) groups excluding carboxylic acids is 3. The van der Waals surface area contributed by atoms with Crippen LogP contribution in [0.25, 0.3) is 0 Å². The first-order chi connectivity index (χ1) is 17.4. The predicted octanol–water partition coefficient (Wildman–Crippen LogP) is 4.50. The molecule has 1 aliphatic rings. The highest BCUT2D eigenvalue weighted by atomic mass is 19.1. The quantitative estimate of drug-likeness (QED) is 0.473. The van der Waals surface area contributed by atoms with Crippen LogP contribution in [0.4, 0.5) is 21.6 Å². The maximum Gasteiger partial charge on any atom is 0.338 e. The zero-order valence-corrected chi connectivity index (χ0v) is 19.9. The maximum atomic E-state index is 13.9. The van der Waals surface area contributed by atoms with E-state index >= 15 is 0 Å². The van der Waals surface area contributed by atoms with Crippen LogP contribution in [0.2, 0.25) is 0 Å². The van der Waals surface area contributed by atoms with Crippen molar-refractivity contribution in [1.82, 2.24) is 4.98 Å². The van der Waals surface area contributed by atoms with Crippen LogP contribution in [-0.2, 0) is 9.53 Å². The minimum Gasteiger partial charge on any atom is -0.462 e. The van der Waals surface area contributed by atoms with E-state index in [0.717, 1.165) is 0 Å². The molecule has 0 atom stereocenters. The van der Waals surface area contributed by atoms with Gasteiger partial charge in [0.25, 0.3) is 5.91 Å². The molecule has 2 heterocycles. The van der Waals surface area contributed by atoms with Gasteiger partial charge in [-0.05, 0) is 62.2 Å². The summed E-state index contributed by atoms with van der Waals surface area (Å²) in [5.74, 6) is -1.05. The van der Waals surface area contributed by atoms with Crippen LogP contribution < -0.4 is 15.5 Å². The van der Waals surface area contributed by atoms with E-state index < -0.39 is 17.7 Å². The number of pyridine rings is 1. The highest BCUT2D eigenvalue weighted by Gasteiger charge is 2.26. The molecule has 1 aromatic heterocycles. The molecule has 2 amide bonds. The van der Waals surface area contributed by atoms with E-state index in [9.17, 15) is 18.8 Å². The third-order valence-corrected chi connectivity index (χ3v) is 5.96. The summed E-state index contributed by atoms with van der Waals surface area (Å²) in [7, 11) is 0. The Morgan fingerprint density at radius 1 is 1.00 bits per heavy atom. The lowest BCUT2D eigenvalue weighted by Crippen LogP contribution is -2.38. The van der Waals surface area contributed by atoms with Crippen molar-refractivity contribution < 1.29 is 23.5 Å². The molecule has 186 valence electrons. The van der Waals surface area contributed by atoms with Crippen molar-refractivity contribution in [3.8, 4) is 0 Å². The number of nitrogens with one attached hydrogen (secondary N) is 2. The first kappa shape index (κ1) is 24.8. The van der Waals surface area contributed by atoms with Gasteiger partial charge in [0.15, 0.2) is 0 Å². The van der Waals surface area contributed by atoms with Gasteiger partial charge in [-0.25, -0.2) is 14.2 Å². The van der Waals surface area contributed by atoms with Gasteiger partial charge in [0.05, 0.1) is 17.9 Å². The topological polar surface area (TPSA) is 101 Å². The Bertz CT molecular complexity index is 1260. The second kappa shape index (κ2) is 11.4. The summed E-state index contributed by atoms with van der Waals surface area (Å²) in [6.07, 6.45) is 2.76. The van der Waals surface area contributed by atoms with E-state index in [1.807, 2.05) is 4.90 Å². The molecule has 0 bridgehead atoms. The number of amides is 2. The Morgan fingerprint density at radius 3 is 2.53 bits per heavy atom. The van der Waals surface area contributed by atoms with Crippen molar-refractivity contribution in [1.29, 1.82) is 0 Å². The van der Waals surface area contributed by atoms with Crippen molar-refractivity contribution in [3.05, 3.63) is 83.8 Å². The summed E-state index contributed by atoms with van der Waals surface area (Å²) in [5, 5.41) is 5.47. The number of anilines is 3. The lowest BCUT2D eigenvalue weighted by Gasteiger charge is -2.32. The lowest BCUT2D eigenvalue weighted by molar-refractivity contribution is -0.120. The van der Waals surface area contributed by atoms with Gasteiger partial charge in [-0.1, -0.05) is 18.2 Å². The van der Waals surface area contributed by atoms with Crippen LogP contribution in [0, 0.1) is 11.7 Å². The zero-order chi connectivity index (χ0) is 25.5. The number of rotatable bonds is 7. The first-order valence-corrected chi connectivity index (χ1v) is 11.8. The number of halogens is 1. The monoisotopic (exact) mass is 490 g/mol. The number of hydrogen-bond donors (Lipinski definition) is 2. The molecular formula is C27H27FN4O4. The molecule has 8 nitrogen and oxygen atoms in total. The van der Waals surface area contributed by atoms with Crippen LogP contribution in [0.15, 0.2) is 66.9 Å². The molecule has 1 saturated heterocycles. The molecule has 0 spiro atoms. The Labute approximate surface area is 208 Å². The Morgan fingerprint density at radius 2 is 1.78 bits per heavy atom. The van der Waals surface area contributed by atoms with E-state index in [0.29, 0.717) is 48.6 Å². The second-order valence-electron chi connectivity index (χ2n) is 8.39. The van der Waals surface area contributed by atoms with Crippen molar-refractivity contribution in [2.24, 2.45) is 5.92 Å². The van der Waals surface area contributed by atoms with Gasteiger partial charge in [0, 0.05) is 36.5 Å². The molecule has 3 aromatic rings. The highest BCUT2D eigenvalue weighted by molar-refractivity contribution is 6.04. The molecule has 0 radical (unpaired) electrons. The van der Waals surface area contributed by atoms with Gasteiger partial charge in [-0.15, -0.1) is 0 Å². The summed E-state index contributed by atoms with van der Waals surface area (Å²) < 4.78 is 18.9. The average molecular weight is 491 g/mol. The van der Waals surface area contributed by atoms with Gasteiger partial charge in [-0.2, -0.15) is 0 Å². The average Bonchev–Trinajstić information content (AvgIpc) is 2.90. The number of para-hydroxylation sites is 1. The number of esters is 1. The number of ether oxygens (including phenoxy) is 1. The molecule has 0 saturated carbocycles. The summed E-state index contributed by atoms with van der Waals surface area (Å²) in [4.78, 5) is 43.8. The fourth-order valence-corrected chi connectivity index (χ4v) is 4.04. The molecule has 4 rings (SSSR count). The van der Waals surface area contributed by atoms with Gasteiger partial charge >= 0.3 is 5.97 Å². The number of carbonyl (C=O) groups is 3. The van der Waals surface area contributed by atoms with E-state index in [1.54, 1.807) is 61.7 Å². The molecule has 0 aliphatic carbocycles. The molecule has 9 heteroatoms. The van der Waals surface area contributed by atoms with Crippen molar-refractivity contribution in [3.63, 3.8) is 0 Å². The van der Waals surface area contributed by atoms with Crippen molar-refractivity contribution in [2.45, 2.75) is 19.8 Å². The Hall–Kier alpha value is -4.27. The number of piperidine rings is 1. The maximum absolute atomic E-state index is 13.9. The molecule has 1 aliphatic heterocycles. The molecular weight excluding hydrogens is 463 g/mol. The van der Waals surface area contributed by atoms with E-state index in [1.165, 1.54) is 12.1 Å². The number of nitrogens with zero attached hydrogens (tertiary/aromatic N) is 2. The number of hydrogen-bond acceptors (Lipinski definition) is 6. The van der Waals surface area contributed by atoms with Crippen LogP contribution in [0.3, 0.4) is 0 Å². The van der Waals surface area contributed by atoms with Crippen LogP contribution in [0.5, 0.6) is 0 Å². The molecule has 36 heavy (non-hydrogen) atoms. The lowest BCUT2D eigenvalue weighted by atomic mass is 9.95. The molecule has 0 unspecified atom stereocenters. The third-order valence-electron chi connectivity index (χ3n) is 5.96. The largest absolute Gasteiger partial charge is 0.462 e. The molecule has 2 aromatic carbocycles. The fourth-order valence-electron chi connectivity index (χ4n) is 4.04. The summed E-state index contributed by atoms with van der Waals surface area (Å²) in [5.41, 5.74) is 1.41. The SMILES string of the molecule is CCOC(=O)c1cccc(NC(=O)C2CCN(c3cc(C(=O)Nc4ccccc4F)ccn3)CC2)c1. The smallest absolute Gasteiger partial charge is 0.338 e. The predicted molar refractivity (Wildman–Crippen MR) is 135 cm³/mol. The van der Waals surface area contributed by atoms with Gasteiger partial charge in [-0.3, -0.25) is 9.59 Å². The van der Waals surface area contributed by atoms with Gasteiger partial charge < -0.3 is 20.3 Å². The van der Waals surface area contributed by atoms with Crippen LogP contribution in [-0.4, -0.2) is 42.5 Å². The summed E-state index contributed by atoms with van der Waals surface area (Å²) >= 11 is 0. The van der Waals surface area contributed by atoms with Gasteiger partial charge in [0.2, 0.25) is 5.91 Å². The number of aromatic nitrogens is 1. The van der Waals surface area contributed by atoms with E-state index in [2.05, 4.69) is 15.6 Å². The Balaban J connectivity index is 1.34. The highest BCUT2D eigenvalue weighted by Crippen LogP contribution is 2.24. The van der Waals surface area contributed by atoms with Crippen molar-refractivity contribution >= 4 is 35.0 Å². The van der Waals surface area contributed by atoms with Gasteiger partial charge in [0.1, 0.15) is 11.6 Å². The number of benzene rings is 2. The standard InChI is InChI=1S/C27H27FN4O4/c1-2-36-27(35)20-6-5-7-21(16-20)30-25(33)18-11-14-32(15-12-18)24-17-19(10-13-29-24)26(34)31-23-9-4-3-8-22(23)28/h3-10,13,16-18H,2,11-12,14-15H2,1H3,(H,30,33)(H,31,34). The first-order valence-electron chi connectivity index (χ1n) is 11.8. The van der Waals surface area contributed by atoms with E-state index in [-0.39, 0.29) is 24.1 Å². The van der Waals surface area contributed by atoms with Crippen LogP contribution in [0.1, 0.15) is 40.5 Å². The normalized spacial score (nSPS) is 13.7. The summed E-state index contributed by atoms with van der Waals surface area (Å²) in [6, 6.07) is 15.9. The minimum absolute atomic E-state index is 0.110. The fraction of sp³-hybridized carbons (Fsp3) is 0.259. The molecule has 1 fully saturated rings. The third kappa shape index (κ3) is 6.04. The summed E-state index contributed by atoms with van der Waals surface area (Å²) in [6.45, 7) is 3.20. The van der Waals surface area contributed by atoms with Crippen molar-refractivity contribution in [2.75, 3.05) is 35.2 Å².